The van der Waals surface area contributed by atoms with Crippen LogP contribution in [0.25, 0.3) is 0 Å². The van der Waals surface area contributed by atoms with E-state index in [4.69, 9.17) is 4.74 Å². The first-order valence-electron chi connectivity index (χ1n) is 8.06. The summed E-state index contributed by atoms with van der Waals surface area (Å²) in [6.07, 6.45) is 2.13. The molecule has 0 aromatic heterocycles. The Morgan fingerprint density at radius 1 is 1.33 bits per heavy atom. The maximum Gasteiger partial charge on any atom is 0.122 e. The molecule has 118 valence electrons. The van der Waals surface area contributed by atoms with Crippen LogP contribution in [0.2, 0.25) is 0 Å². The first kappa shape index (κ1) is 16.3. The highest BCUT2D eigenvalue weighted by atomic mass is 16.5. The first-order chi connectivity index (χ1) is 9.95. The van der Waals surface area contributed by atoms with E-state index in [1.807, 2.05) is 0 Å². The summed E-state index contributed by atoms with van der Waals surface area (Å²) in [5.41, 5.74) is 3.61. The van der Waals surface area contributed by atoms with Crippen LogP contribution < -0.4 is 4.74 Å². The minimum absolute atomic E-state index is 0.370. The van der Waals surface area contributed by atoms with Crippen LogP contribution in [-0.4, -0.2) is 42.4 Å². The molecule has 1 aliphatic heterocycles. The zero-order valence-electron chi connectivity index (χ0n) is 13.9. The van der Waals surface area contributed by atoms with Gasteiger partial charge in [-0.25, -0.2) is 0 Å². The summed E-state index contributed by atoms with van der Waals surface area (Å²) in [7, 11) is 0. The molecular weight excluding hydrogens is 262 g/mol. The summed E-state index contributed by atoms with van der Waals surface area (Å²) in [6.45, 7) is 11.8. The Balaban J connectivity index is 1.85. The predicted octanol–water partition coefficient (Wildman–Crippen LogP) is 3.08. The molecule has 3 nitrogen and oxygen atoms in total. The van der Waals surface area contributed by atoms with Crippen LogP contribution >= 0.6 is 0 Å². The van der Waals surface area contributed by atoms with Crippen molar-refractivity contribution in [2.75, 3.05) is 26.2 Å². The van der Waals surface area contributed by atoms with Gasteiger partial charge in [-0.1, -0.05) is 13.0 Å². The number of nitrogens with zero attached hydrogens (tertiary/aromatic N) is 1. The fourth-order valence-electron chi connectivity index (χ4n) is 3.14. The van der Waals surface area contributed by atoms with Gasteiger partial charge in [0.15, 0.2) is 0 Å². The molecule has 2 rings (SSSR count). The average Bonchev–Trinajstić information content (AvgIpc) is 2.41. The average molecular weight is 291 g/mol. The summed E-state index contributed by atoms with van der Waals surface area (Å²) in [5, 5.41) is 10.2. The van der Waals surface area contributed by atoms with Crippen LogP contribution in [0.3, 0.4) is 0 Å². The second-order valence-corrected chi connectivity index (χ2v) is 6.68. The third-order valence-corrected chi connectivity index (χ3v) is 4.41. The number of aliphatic hydroxyl groups is 1. The minimum atomic E-state index is -0.421. The summed E-state index contributed by atoms with van der Waals surface area (Å²) >= 11 is 0. The van der Waals surface area contributed by atoms with Gasteiger partial charge in [0.25, 0.3) is 0 Å². The van der Waals surface area contributed by atoms with Gasteiger partial charge in [0, 0.05) is 13.1 Å². The van der Waals surface area contributed by atoms with Crippen molar-refractivity contribution >= 4 is 0 Å². The van der Waals surface area contributed by atoms with Crippen molar-refractivity contribution < 1.29 is 9.84 Å². The molecule has 0 saturated carbocycles. The molecule has 0 amide bonds. The molecule has 0 bridgehead atoms. The third kappa shape index (κ3) is 4.72. The molecular formula is C18H29NO2. The van der Waals surface area contributed by atoms with Gasteiger partial charge in [-0.2, -0.15) is 0 Å². The van der Waals surface area contributed by atoms with Crippen molar-refractivity contribution in [2.24, 2.45) is 5.92 Å². The number of aliphatic hydroxyl groups excluding tert-OH is 1. The van der Waals surface area contributed by atoms with Crippen LogP contribution in [-0.2, 0) is 0 Å². The summed E-state index contributed by atoms with van der Waals surface area (Å²) < 4.78 is 5.85. The van der Waals surface area contributed by atoms with Gasteiger partial charge in [-0.05, 0) is 68.8 Å². The van der Waals surface area contributed by atoms with Gasteiger partial charge in [-0.3, -0.25) is 0 Å². The number of benzene rings is 1. The molecule has 0 radical (unpaired) electrons. The fraction of sp³-hybridized carbons (Fsp3) is 0.667. The van der Waals surface area contributed by atoms with E-state index in [1.165, 1.54) is 29.5 Å². The Morgan fingerprint density at radius 3 is 2.81 bits per heavy atom. The topological polar surface area (TPSA) is 32.7 Å². The van der Waals surface area contributed by atoms with E-state index in [0.29, 0.717) is 13.2 Å². The Bertz CT molecular complexity index is 473. The molecule has 1 heterocycles. The van der Waals surface area contributed by atoms with Crippen LogP contribution in [0.1, 0.15) is 36.5 Å². The van der Waals surface area contributed by atoms with E-state index in [9.17, 15) is 5.11 Å². The van der Waals surface area contributed by atoms with Crippen molar-refractivity contribution in [3.05, 3.63) is 28.8 Å². The number of ether oxygens (including phenoxy) is 1. The molecule has 2 unspecified atom stereocenters. The minimum Gasteiger partial charge on any atom is -0.491 e. The van der Waals surface area contributed by atoms with E-state index in [0.717, 1.165) is 24.8 Å². The van der Waals surface area contributed by atoms with Crippen LogP contribution in [0.4, 0.5) is 0 Å². The van der Waals surface area contributed by atoms with Crippen molar-refractivity contribution in [3.8, 4) is 5.75 Å². The first-order valence-corrected chi connectivity index (χ1v) is 8.06. The Kier molecular flexibility index (Phi) is 5.65. The molecule has 2 atom stereocenters. The Morgan fingerprint density at radius 2 is 2.10 bits per heavy atom. The molecule has 0 spiro atoms. The van der Waals surface area contributed by atoms with Crippen molar-refractivity contribution in [1.82, 2.24) is 4.90 Å². The van der Waals surface area contributed by atoms with E-state index in [2.05, 4.69) is 44.7 Å². The quantitative estimate of drug-likeness (QED) is 0.905. The maximum atomic E-state index is 10.2. The number of β-amino-alcohol motifs (C(OH)–C–C–N with tert-alkyl or cyclic N) is 1. The summed E-state index contributed by atoms with van der Waals surface area (Å²) in [5.74, 6) is 1.65. The van der Waals surface area contributed by atoms with Gasteiger partial charge < -0.3 is 14.7 Å². The Hall–Kier alpha value is -1.06. The van der Waals surface area contributed by atoms with Gasteiger partial charge in [-0.15, -0.1) is 0 Å². The van der Waals surface area contributed by atoms with E-state index >= 15 is 0 Å². The lowest BCUT2D eigenvalue weighted by molar-refractivity contribution is 0.0535. The molecule has 1 fully saturated rings. The smallest absolute Gasteiger partial charge is 0.122 e. The van der Waals surface area contributed by atoms with Gasteiger partial charge >= 0.3 is 0 Å². The number of likely N-dealkylation sites (tertiary alicyclic amines) is 1. The molecule has 1 aromatic carbocycles. The molecule has 1 aromatic rings. The monoisotopic (exact) mass is 291 g/mol. The summed E-state index contributed by atoms with van der Waals surface area (Å²) in [4.78, 5) is 2.36. The second-order valence-electron chi connectivity index (χ2n) is 6.68. The van der Waals surface area contributed by atoms with Crippen molar-refractivity contribution in [2.45, 2.75) is 46.6 Å². The highest BCUT2D eigenvalue weighted by molar-refractivity contribution is 5.41. The number of aryl methyl sites for hydroxylation is 2. The molecule has 1 N–H and O–H groups in total. The molecule has 3 heteroatoms. The predicted molar refractivity (Wildman–Crippen MR) is 87.0 cm³/mol. The zero-order valence-corrected chi connectivity index (χ0v) is 13.9. The van der Waals surface area contributed by atoms with Crippen molar-refractivity contribution in [1.29, 1.82) is 0 Å². The van der Waals surface area contributed by atoms with Crippen molar-refractivity contribution in [3.63, 3.8) is 0 Å². The van der Waals surface area contributed by atoms with Gasteiger partial charge in [0.1, 0.15) is 18.5 Å². The lowest BCUT2D eigenvalue weighted by Gasteiger charge is -2.32. The van der Waals surface area contributed by atoms with Gasteiger partial charge in [0.2, 0.25) is 0 Å². The van der Waals surface area contributed by atoms with E-state index < -0.39 is 6.10 Å². The third-order valence-electron chi connectivity index (χ3n) is 4.41. The SMILES string of the molecule is Cc1cc(C)c(C)c(OCC(O)CN2CCCC(C)C2)c1. The molecule has 21 heavy (non-hydrogen) atoms. The fourth-order valence-corrected chi connectivity index (χ4v) is 3.14. The molecule has 1 aliphatic rings. The number of hydrogen-bond donors (Lipinski definition) is 1. The maximum absolute atomic E-state index is 10.2. The van der Waals surface area contributed by atoms with Gasteiger partial charge in [0.05, 0.1) is 0 Å². The summed E-state index contributed by atoms with van der Waals surface area (Å²) in [6, 6.07) is 4.21. The van der Waals surface area contributed by atoms with E-state index in [1.54, 1.807) is 0 Å². The number of rotatable bonds is 5. The van der Waals surface area contributed by atoms with Crippen LogP contribution in [0.5, 0.6) is 5.75 Å². The molecule has 1 saturated heterocycles. The van der Waals surface area contributed by atoms with E-state index in [-0.39, 0.29) is 0 Å². The highest BCUT2D eigenvalue weighted by Gasteiger charge is 2.19. The highest BCUT2D eigenvalue weighted by Crippen LogP contribution is 2.23. The Labute approximate surface area is 128 Å². The normalized spacial score (nSPS) is 21.3. The van der Waals surface area contributed by atoms with Crippen LogP contribution in [0.15, 0.2) is 12.1 Å². The second kappa shape index (κ2) is 7.28. The lowest BCUT2D eigenvalue weighted by Crippen LogP contribution is -2.41. The largest absolute Gasteiger partial charge is 0.491 e. The number of hydrogen-bond acceptors (Lipinski definition) is 3. The van der Waals surface area contributed by atoms with Crippen LogP contribution in [0, 0.1) is 26.7 Å². The zero-order chi connectivity index (χ0) is 15.4. The lowest BCUT2D eigenvalue weighted by atomic mass is 10.00. The molecule has 0 aliphatic carbocycles. The number of piperidine rings is 1. The standard InChI is InChI=1S/C18H29NO2/c1-13-6-5-7-19(10-13)11-17(20)12-21-18-9-14(2)8-15(3)16(18)4/h8-9,13,17,20H,5-7,10-12H2,1-4H3.